The van der Waals surface area contributed by atoms with Gasteiger partial charge in [0.25, 0.3) is 0 Å². The van der Waals surface area contributed by atoms with Gasteiger partial charge in [0.05, 0.1) is 37.6 Å². The van der Waals surface area contributed by atoms with Crippen LogP contribution < -0.4 is 9.47 Å². The van der Waals surface area contributed by atoms with E-state index in [1.165, 1.54) is 0 Å². The number of hydrogen-bond donors (Lipinski definition) is 0. The molecule has 0 bridgehead atoms. The van der Waals surface area contributed by atoms with Crippen molar-refractivity contribution >= 4 is 55.0 Å². The normalized spacial score (nSPS) is 11.5. The molecular weight excluding hydrogens is 552 g/mol. The predicted molar refractivity (Wildman–Crippen MR) is 179 cm³/mol. The van der Waals surface area contributed by atoms with E-state index < -0.39 is 0 Å². The quantitative estimate of drug-likeness (QED) is 0.0488. The fourth-order valence-electron chi connectivity index (χ4n) is 5.83. The first-order chi connectivity index (χ1) is 21.5. The van der Waals surface area contributed by atoms with Crippen molar-refractivity contribution in [3.8, 4) is 11.5 Å². The number of ether oxygens (including phenoxy) is 4. The molecule has 0 saturated carbocycles. The Bertz CT molecular complexity index is 1600. The molecule has 0 aliphatic carbocycles. The number of carbonyl (C=O) groups excluding carboxylic acids is 2. The maximum Gasteiger partial charge on any atom is 0.338 e. The smallest absolute Gasteiger partial charge is 0.338 e. The van der Waals surface area contributed by atoms with Crippen LogP contribution in [0.1, 0.15) is 99.8 Å². The Hall–Kier alpha value is -4.06. The molecule has 0 aromatic heterocycles. The van der Waals surface area contributed by atoms with Crippen LogP contribution in [-0.2, 0) is 9.47 Å². The van der Waals surface area contributed by atoms with E-state index in [0.29, 0.717) is 49.1 Å². The first kappa shape index (κ1) is 31.4. The lowest BCUT2D eigenvalue weighted by atomic mass is 9.86. The van der Waals surface area contributed by atoms with Crippen molar-refractivity contribution in [2.45, 2.75) is 79.1 Å². The van der Waals surface area contributed by atoms with Crippen LogP contribution in [0.15, 0.2) is 48.5 Å². The van der Waals surface area contributed by atoms with Crippen molar-refractivity contribution in [1.29, 1.82) is 0 Å². The Labute approximate surface area is 259 Å². The Morgan fingerprint density at radius 3 is 1.16 bits per heavy atom. The lowest BCUT2D eigenvalue weighted by Gasteiger charge is -2.21. The zero-order valence-corrected chi connectivity index (χ0v) is 26.6. The largest absolute Gasteiger partial charge is 0.493 e. The van der Waals surface area contributed by atoms with Crippen molar-refractivity contribution in [2.75, 3.05) is 26.4 Å². The summed E-state index contributed by atoms with van der Waals surface area (Å²) in [5.41, 5.74) is 1.01. The van der Waals surface area contributed by atoms with E-state index in [-0.39, 0.29) is 11.9 Å². The summed E-state index contributed by atoms with van der Waals surface area (Å²) in [7, 11) is 0. The van der Waals surface area contributed by atoms with E-state index in [4.69, 9.17) is 18.9 Å². The van der Waals surface area contributed by atoms with Gasteiger partial charge in [-0.3, -0.25) is 0 Å². The van der Waals surface area contributed by atoms with Crippen molar-refractivity contribution in [1.82, 2.24) is 0 Å². The third-order valence-electron chi connectivity index (χ3n) is 8.24. The Balaban J connectivity index is 1.80. The van der Waals surface area contributed by atoms with Crippen molar-refractivity contribution in [3.63, 3.8) is 0 Å². The number of hydrogen-bond acceptors (Lipinski definition) is 6. The molecule has 0 aliphatic rings. The summed E-state index contributed by atoms with van der Waals surface area (Å²) in [4.78, 5) is 26.9. The third-order valence-corrected chi connectivity index (χ3v) is 8.24. The lowest BCUT2D eigenvalue weighted by molar-refractivity contribution is 0.0492. The SMILES string of the molecule is CCCCOC(=O)c1ccc2c3ccc(C(=O)OCCCC)c4c(OCCCC)ccc(c5ccc(OCCCC)c1c52)c43. The minimum Gasteiger partial charge on any atom is -0.493 e. The maximum atomic E-state index is 13.4. The molecule has 0 atom stereocenters. The number of rotatable bonds is 16. The average Bonchev–Trinajstić information content (AvgIpc) is 3.04. The lowest BCUT2D eigenvalue weighted by Crippen LogP contribution is -2.09. The van der Waals surface area contributed by atoms with Gasteiger partial charge in [0.1, 0.15) is 11.5 Å². The van der Waals surface area contributed by atoms with Crippen LogP contribution in [-0.4, -0.2) is 38.4 Å². The molecule has 6 nitrogen and oxygen atoms in total. The highest BCUT2D eigenvalue weighted by Crippen LogP contribution is 2.47. The van der Waals surface area contributed by atoms with E-state index in [1.54, 1.807) is 0 Å². The third kappa shape index (κ3) is 6.12. The fourth-order valence-corrected chi connectivity index (χ4v) is 5.83. The fraction of sp³-hybridized carbons (Fsp3) is 0.421. The van der Waals surface area contributed by atoms with Gasteiger partial charge in [-0.2, -0.15) is 0 Å². The van der Waals surface area contributed by atoms with Gasteiger partial charge in [0.15, 0.2) is 0 Å². The van der Waals surface area contributed by atoms with Crippen LogP contribution in [0.25, 0.3) is 43.1 Å². The summed E-state index contributed by atoms with van der Waals surface area (Å²) < 4.78 is 24.0. The molecule has 0 aliphatic heterocycles. The van der Waals surface area contributed by atoms with Gasteiger partial charge >= 0.3 is 11.9 Å². The summed E-state index contributed by atoms with van der Waals surface area (Å²) in [6.45, 7) is 10.3. The van der Waals surface area contributed by atoms with E-state index in [0.717, 1.165) is 94.5 Å². The van der Waals surface area contributed by atoms with Crippen LogP contribution in [0.5, 0.6) is 11.5 Å². The van der Waals surface area contributed by atoms with E-state index in [1.807, 2.05) is 36.4 Å². The topological polar surface area (TPSA) is 71.1 Å². The summed E-state index contributed by atoms with van der Waals surface area (Å²) in [6.07, 6.45) is 7.37. The van der Waals surface area contributed by atoms with Gasteiger partial charge in [0.2, 0.25) is 0 Å². The highest BCUT2D eigenvalue weighted by Gasteiger charge is 2.25. The van der Waals surface area contributed by atoms with Gasteiger partial charge in [0, 0.05) is 21.5 Å². The number of carbonyl (C=O) groups is 2. The van der Waals surface area contributed by atoms with Crippen LogP contribution >= 0.6 is 0 Å². The second-order valence-electron chi connectivity index (χ2n) is 11.4. The summed E-state index contributed by atoms with van der Waals surface area (Å²) >= 11 is 0. The predicted octanol–water partition coefficient (Wildman–Crippen LogP) is 10.0. The minimum absolute atomic E-state index is 0.344. The molecule has 0 spiro atoms. The average molecular weight is 597 g/mol. The molecule has 0 saturated heterocycles. The zero-order valence-electron chi connectivity index (χ0n) is 26.6. The standard InChI is InChI=1S/C38H44O6/c1-5-9-21-41-31-19-17-27-28-18-20-32(42-22-10-6-2)36-30(38(40)44-24-12-8-4)16-14-26(34(28)36)25-13-15-29(35(31)33(25)27)37(39)43-23-11-7-3/h13-20H,5-12,21-24H2,1-4H3. The highest BCUT2D eigenvalue weighted by molar-refractivity contribution is 6.36. The molecule has 5 aromatic rings. The first-order valence-electron chi connectivity index (χ1n) is 16.4. The van der Waals surface area contributed by atoms with Crippen LogP contribution in [0.4, 0.5) is 0 Å². The van der Waals surface area contributed by atoms with Crippen molar-refractivity contribution in [3.05, 3.63) is 59.7 Å². The van der Waals surface area contributed by atoms with Crippen LogP contribution in [0, 0.1) is 0 Å². The van der Waals surface area contributed by atoms with Gasteiger partial charge in [-0.05, 0) is 71.5 Å². The maximum absolute atomic E-state index is 13.4. The Morgan fingerprint density at radius 2 is 0.795 bits per heavy atom. The molecule has 232 valence electrons. The molecule has 5 rings (SSSR count). The molecule has 0 heterocycles. The number of esters is 2. The molecule has 5 aromatic carbocycles. The Morgan fingerprint density at radius 1 is 0.455 bits per heavy atom. The second kappa shape index (κ2) is 14.6. The molecule has 0 unspecified atom stereocenters. The second-order valence-corrected chi connectivity index (χ2v) is 11.4. The van der Waals surface area contributed by atoms with Gasteiger partial charge < -0.3 is 18.9 Å². The molecule has 0 radical (unpaired) electrons. The van der Waals surface area contributed by atoms with E-state index in [9.17, 15) is 9.59 Å². The number of benzene rings is 5. The Kier molecular flexibility index (Phi) is 10.4. The highest BCUT2D eigenvalue weighted by atomic mass is 16.5. The molecule has 0 amide bonds. The molecule has 0 fully saturated rings. The zero-order chi connectivity index (χ0) is 31.1. The van der Waals surface area contributed by atoms with E-state index in [2.05, 4.69) is 39.8 Å². The number of fused-ring (bicyclic) bond motifs is 2. The molecule has 0 N–H and O–H groups in total. The summed E-state index contributed by atoms with van der Waals surface area (Å²) in [5, 5.41) is 7.37. The van der Waals surface area contributed by atoms with Gasteiger partial charge in [-0.25, -0.2) is 9.59 Å². The van der Waals surface area contributed by atoms with Gasteiger partial charge in [-0.15, -0.1) is 0 Å². The summed E-state index contributed by atoms with van der Waals surface area (Å²) in [6, 6.07) is 15.8. The first-order valence-corrected chi connectivity index (χ1v) is 16.4. The monoisotopic (exact) mass is 596 g/mol. The van der Waals surface area contributed by atoms with E-state index >= 15 is 0 Å². The van der Waals surface area contributed by atoms with Crippen LogP contribution in [0.2, 0.25) is 0 Å². The molecule has 6 heteroatoms. The minimum atomic E-state index is -0.344. The summed E-state index contributed by atoms with van der Waals surface area (Å²) in [5.74, 6) is 0.667. The van der Waals surface area contributed by atoms with Crippen molar-refractivity contribution in [2.24, 2.45) is 0 Å². The molecular formula is C38H44O6. The van der Waals surface area contributed by atoms with Crippen molar-refractivity contribution < 1.29 is 28.5 Å². The molecule has 44 heavy (non-hydrogen) atoms. The number of unbranched alkanes of at least 4 members (excludes halogenated alkanes) is 4. The van der Waals surface area contributed by atoms with Crippen LogP contribution in [0.3, 0.4) is 0 Å². The van der Waals surface area contributed by atoms with Gasteiger partial charge in [-0.1, -0.05) is 77.6 Å².